The summed E-state index contributed by atoms with van der Waals surface area (Å²) in [7, 11) is 0. The lowest BCUT2D eigenvalue weighted by Gasteiger charge is -2.43. The summed E-state index contributed by atoms with van der Waals surface area (Å²) in [6.45, 7) is 21.1. The number of fused-ring (bicyclic) bond motifs is 1. The van der Waals surface area contributed by atoms with E-state index in [0.717, 1.165) is 31.7 Å². The third-order valence-electron chi connectivity index (χ3n) is 11.0. The Bertz CT molecular complexity index is 1320. The van der Waals surface area contributed by atoms with Gasteiger partial charge in [0.1, 0.15) is 11.8 Å². The van der Waals surface area contributed by atoms with Gasteiger partial charge < -0.3 is 29.3 Å². The molecule has 0 saturated carbocycles. The summed E-state index contributed by atoms with van der Waals surface area (Å²) in [5.74, 6) is -1.04. The lowest BCUT2D eigenvalue weighted by Crippen LogP contribution is -2.60. The quantitative estimate of drug-likeness (QED) is 0.264. The van der Waals surface area contributed by atoms with Crippen LogP contribution in [0.4, 0.5) is 5.69 Å². The first-order valence-electron chi connectivity index (χ1n) is 17.6. The number of ether oxygens (including phenoxy) is 2. The fourth-order valence-corrected chi connectivity index (χ4v) is 10.8. The maximum atomic E-state index is 15.0. The number of nitrogens with zero attached hydrogens (tertiary/aromatic N) is 4. The van der Waals surface area contributed by atoms with Gasteiger partial charge in [-0.25, -0.2) is 0 Å². The van der Waals surface area contributed by atoms with Crippen LogP contribution in [0.25, 0.3) is 0 Å². The molecule has 4 aliphatic rings. The molecule has 1 aromatic carbocycles. The molecule has 3 amide bonds. The van der Waals surface area contributed by atoms with Crippen LogP contribution in [0.3, 0.4) is 0 Å². The van der Waals surface area contributed by atoms with Gasteiger partial charge >= 0.3 is 0 Å². The number of aliphatic hydroxyl groups is 1. The number of thioether (sulfide) groups is 1. The van der Waals surface area contributed by atoms with Crippen molar-refractivity contribution in [2.24, 2.45) is 23.7 Å². The number of morpholine rings is 1. The van der Waals surface area contributed by atoms with E-state index in [1.54, 1.807) is 33.7 Å². The lowest BCUT2D eigenvalue weighted by atomic mass is 9.65. The summed E-state index contributed by atoms with van der Waals surface area (Å²) < 4.78 is 10.4. The Labute approximate surface area is 290 Å². The molecule has 4 aliphatic heterocycles. The van der Waals surface area contributed by atoms with Crippen molar-refractivity contribution in [2.45, 2.75) is 62.6 Å². The van der Waals surface area contributed by atoms with Crippen molar-refractivity contribution in [2.75, 3.05) is 70.6 Å². The molecular weight excluding hydrogens is 628 g/mol. The number of likely N-dealkylation sites (tertiary alicyclic amines) is 1. The number of rotatable bonds is 16. The van der Waals surface area contributed by atoms with Gasteiger partial charge in [0.15, 0.2) is 0 Å². The molecule has 4 saturated heterocycles. The summed E-state index contributed by atoms with van der Waals surface area (Å²) in [5.41, 5.74) is 0.710. The molecule has 3 unspecified atom stereocenters. The van der Waals surface area contributed by atoms with Crippen LogP contribution >= 0.6 is 11.8 Å². The Morgan fingerprint density at radius 1 is 1.15 bits per heavy atom. The van der Waals surface area contributed by atoms with Crippen molar-refractivity contribution in [3.8, 4) is 5.75 Å². The molecule has 0 aromatic heterocycles. The molecule has 48 heavy (non-hydrogen) atoms. The minimum Gasteiger partial charge on any atom is -0.494 e. The standard InChI is InChI=1S/C37H54N4O6S/c1-7-15-39(18-17-38-19-21-46-22-20-38)36(45)33-37-26(6)23-30(48-37)31(32(37)35(44)41(33)29(24-42)25(5)9-3)34(43)40(16-8-2)27-11-13-28(14-12-27)47-10-4/h7-8,11-14,25-26,29-33,42H,1-2,9-10,15-24H2,3-6H3/t25-,26?,29-,30+,31-,32-,33?,37?/m0/s1. The zero-order chi connectivity index (χ0) is 34.6. The van der Waals surface area contributed by atoms with E-state index < -0.39 is 28.7 Å². The van der Waals surface area contributed by atoms with E-state index in [1.165, 1.54) is 0 Å². The van der Waals surface area contributed by atoms with Gasteiger partial charge in [0.25, 0.3) is 0 Å². The average molecular weight is 683 g/mol. The summed E-state index contributed by atoms with van der Waals surface area (Å²) in [4.78, 5) is 52.3. The number of hydrogen-bond acceptors (Lipinski definition) is 8. The van der Waals surface area contributed by atoms with E-state index in [1.807, 2.05) is 49.9 Å². The minimum atomic E-state index is -0.799. The second-order valence-electron chi connectivity index (χ2n) is 13.6. The maximum absolute atomic E-state index is 15.0. The number of benzene rings is 1. The van der Waals surface area contributed by atoms with E-state index in [9.17, 15) is 14.7 Å². The number of anilines is 1. The highest BCUT2D eigenvalue weighted by Crippen LogP contribution is 2.69. The van der Waals surface area contributed by atoms with Gasteiger partial charge in [-0.3, -0.25) is 19.3 Å². The van der Waals surface area contributed by atoms with Crippen molar-refractivity contribution < 1.29 is 29.0 Å². The molecule has 0 radical (unpaired) electrons. The Balaban J connectivity index is 1.54. The molecule has 8 atom stereocenters. The first kappa shape index (κ1) is 36.4. The third kappa shape index (κ3) is 6.55. The summed E-state index contributed by atoms with van der Waals surface area (Å²) >= 11 is 1.67. The van der Waals surface area contributed by atoms with E-state index in [-0.39, 0.29) is 48.0 Å². The van der Waals surface area contributed by atoms with Gasteiger partial charge in [0, 0.05) is 50.2 Å². The number of carbonyl (C=O) groups is 3. The Morgan fingerprint density at radius 3 is 2.44 bits per heavy atom. The average Bonchev–Trinajstić information content (AvgIpc) is 3.70. The van der Waals surface area contributed by atoms with Gasteiger partial charge in [-0.15, -0.1) is 24.9 Å². The largest absolute Gasteiger partial charge is 0.494 e. The van der Waals surface area contributed by atoms with Crippen LogP contribution in [-0.4, -0.2) is 125 Å². The van der Waals surface area contributed by atoms with Gasteiger partial charge in [0.05, 0.1) is 49.1 Å². The van der Waals surface area contributed by atoms with Crippen molar-refractivity contribution in [1.29, 1.82) is 0 Å². The molecule has 4 fully saturated rings. The van der Waals surface area contributed by atoms with E-state index in [0.29, 0.717) is 45.1 Å². The third-order valence-corrected chi connectivity index (χ3v) is 13.1. The van der Waals surface area contributed by atoms with Crippen LogP contribution in [-0.2, 0) is 19.1 Å². The summed E-state index contributed by atoms with van der Waals surface area (Å²) in [5, 5.41) is 10.7. The molecule has 10 nitrogen and oxygen atoms in total. The molecule has 2 bridgehead atoms. The fourth-order valence-electron chi connectivity index (χ4n) is 8.42. The predicted octanol–water partition coefficient (Wildman–Crippen LogP) is 3.70. The first-order valence-corrected chi connectivity index (χ1v) is 18.5. The van der Waals surface area contributed by atoms with Crippen LogP contribution in [0, 0.1) is 23.7 Å². The normalized spacial score (nSPS) is 29.3. The van der Waals surface area contributed by atoms with Crippen LogP contribution in [0.15, 0.2) is 49.6 Å². The van der Waals surface area contributed by atoms with Crippen molar-refractivity contribution in [1.82, 2.24) is 14.7 Å². The zero-order valence-electron chi connectivity index (χ0n) is 29.1. The maximum Gasteiger partial charge on any atom is 0.247 e. The molecule has 1 N–H and O–H groups in total. The van der Waals surface area contributed by atoms with Crippen LogP contribution in [0.2, 0.25) is 0 Å². The highest BCUT2D eigenvalue weighted by Gasteiger charge is 2.77. The Hall–Kier alpha value is -2.86. The van der Waals surface area contributed by atoms with Gasteiger partial charge in [-0.05, 0) is 49.4 Å². The van der Waals surface area contributed by atoms with Crippen LogP contribution in [0.1, 0.15) is 40.5 Å². The van der Waals surface area contributed by atoms with E-state index in [4.69, 9.17) is 9.47 Å². The second-order valence-corrected chi connectivity index (χ2v) is 15.2. The van der Waals surface area contributed by atoms with Gasteiger partial charge in [-0.2, -0.15) is 0 Å². The number of hydrogen-bond donors (Lipinski definition) is 1. The van der Waals surface area contributed by atoms with Crippen molar-refractivity contribution in [3.05, 3.63) is 49.6 Å². The number of amides is 3. The van der Waals surface area contributed by atoms with E-state index in [2.05, 4.69) is 25.0 Å². The summed E-state index contributed by atoms with van der Waals surface area (Å²) in [6, 6.07) is 6.09. The minimum absolute atomic E-state index is 0.0175. The lowest BCUT2D eigenvalue weighted by molar-refractivity contribution is -0.147. The highest BCUT2D eigenvalue weighted by atomic mass is 32.2. The molecule has 0 aliphatic carbocycles. The van der Waals surface area contributed by atoms with E-state index >= 15 is 4.79 Å². The number of aliphatic hydroxyl groups excluding tert-OH is 1. The van der Waals surface area contributed by atoms with Crippen molar-refractivity contribution >= 4 is 35.2 Å². The molecule has 11 heteroatoms. The SMILES string of the molecule is C=CCN(CCN1CCOCC1)C(=O)C1N([C@@H](CO)[C@@H](C)CC)C(=O)[C@@H]2[C@@H](C(=O)N(CC=C)c3ccc(OCC)cc3)[C@H]3CC(C)C12S3. The molecule has 264 valence electrons. The Kier molecular flexibility index (Phi) is 12.0. The molecule has 4 heterocycles. The predicted molar refractivity (Wildman–Crippen MR) is 190 cm³/mol. The summed E-state index contributed by atoms with van der Waals surface area (Å²) in [6.07, 6.45) is 4.91. The zero-order valence-corrected chi connectivity index (χ0v) is 29.9. The topological polar surface area (TPSA) is 103 Å². The molecular formula is C37H54N4O6S. The first-order chi connectivity index (χ1) is 23.2. The smallest absolute Gasteiger partial charge is 0.247 e. The Morgan fingerprint density at radius 2 is 1.83 bits per heavy atom. The highest BCUT2D eigenvalue weighted by molar-refractivity contribution is 8.02. The second kappa shape index (κ2) is 15.8. The molecule has 1 aromatic rings. The van der Waals surface area contributed by atoms with Gasteiger partial charge in [-0.1, -0.05) is 39.3 Å². The van der Waals surface area contributed by atoms with Crippen LogP contribution < -0.4 is 9.64 Å². The molecule has 1 spiro atoms. The number of carbonyl (C=O) groups excluding carboxylic acids is 3. The van der Waals surface area contributed by atoms with Crippen LogP contribution in [0.5, 0.6) is 5.75 Å². The fraction of sp³-hybridized carbons (Fsp3) is 0.649. The molecule has 5 rings (SSSR count). The monoisotopic (exact) mass is 682 g/mol. The van der Waals surface area contributed by atoms with Gasteiger partial charge in [0.2, 0.25) is 17.7 Å². The van der Waals surface area contributed by atoms with Crippen molar-refractivity contribution in [3.63, 3.8) is 0 Å².